The first-order chi connectivity index (χ1) is 14.7. The minimum Gasteiger partial charge on any atom is -0.497 e. The normalized spacial score (nSPS) is 16.4. The number of methoxy groups -OCH3 is 1. The molecule has 1 heterocycles. The summed E-state index contributed by atoms with van der Waals surface area (Å²) in [7, 11) is 1.66. The number of nitrogens with one attached hydrogen (secondary N) is 1. The largest absolute Gasteiger partial charge is 0.497 e. The minimum atomic E-state index is -0.637. The Kier molecular flexibility index (Phi) is 8.48. The fourth-order valence-electron chi connectivity index (χ4n) is 3.44. The number of morpholine rings is 1. The lowest BCUT2D eigenvalue weighted by Crippen LogP contribution is -2.44. The van der Waals surface area contributed by atoms with Crippen molar-refractivity contribution in [1.82, 2.24) is 10.2 Å². The maximum atomic E-state index is 10.3. The Hall–Kier alpha value is -2.63. The lowest BCUT2D eigenvalue weighted by molar-refractivity contribution is 0.0151. The van der Waals surface area contributed by atoms with Gasteiger partial charge >= 0.3 is 0 Å². The van der Waals surface area contributed by atoms with E-state index in [-0.39, 0.29) is 12.6 Å². The molecule has 2 aromatic carbocycles. The quantitative estimate of drug-likeness (QED) is 0.618. The van der Waals surface area contributed by atoms with Crippen LogP contribution in [0.2, 0.25) is 0 Å². The van der Waals surface area contributed by atoms with Crippen molar-refractivity contribution in [2.24, 2.45) is 0 Å². The molecule has 0 aromatic heterocycles. The van der Waals surface area contributed by atoms with Gasteiger partial charge < -0.3 is 24.6 Å². The minimum absolute atomic E-state index is 0.184. The number of nitriles is 1. The predicted octanol–water partition coefficient (Wildman–Crippen LogP) is 1.97. The lowest BCUT2D eigenvalue weighted by Gasteiger charge is -2.35. The van der Waals surface area contributed by atoms with Gasteiger partial charge in [-0.25, -0.2) is 0 Å². The summed E-state index contributed by atoms with van der Waals surface area (Å²) in [5, 5.41) is 22.5. The molecule has 0 aliphatic carbocycles. The first-order valence-electron chi connectivity index (χ1n) is 10.2. The topological polar surface area (TPSA) is 87.0 Å². The predicted molar refractivity (Wildman–Crippen MR) is 114 cm³/mol. The van der Waals surface area contributed by atoms with Gasteiger partial charge in [0.1, 0.15) is 24.2 Å². The van der Waals surface area contributed by atoms with Gasteiger partial charge in [-0.05, 0) is 42.0 Å². The zero-order valence-electron chi connectivity index (χ0n) is 17.3. The van der Waals surface area contributed by atoms with Crippen molar-refractivity contribution in [3.63, 3.8) is 0 Å². The Morgan fingerprint density at radius 2 is 1.73 bits per heavy atom. The van der Waals surface area contributed by atoms with Crippen LogP contribution in [0.15, 0.2) is 48.5 Å². The second-order valence-corrected chi connectivity index (χ2v) is 7.20. The number of aliphatic hydroxyl groups is 1. The highest BCUT2D eigenvalue weighted by Gasteiger charge is 2.22. The van der Waals surface area contributed by atoms with Crippen molar-refractivity contribution < 1.29 is 19.3 Å². The molecule has 2 aromatic rings. The average molecular weight is 412 g/mol. The second kappa shape index (κ2) is 11.5. The Balaban J connectivity index is 1.50. The summed E-state index contributed by atoms with van der Waals surface area (Å²) in [6.45, 7) is 4.53. The van der Waals surface area contributed by atoms with Crippen molar-refractivity contribution in [3.05, 3.63) is 59.7 Å². The maximum Gasteiger partial charge on any atom is 0.119 e. The molecule has 0 saturated carbocycles. The molecule has 0 radical (unpaired) electrons. The van der Waals surface area contributed by atoms with Crippen LogP contribution in [-0.4, -0.2) is 69.2 Å². The number of aliphatic hydroxyl groups excluding tert-OH is 1. The van der Waals surface area contributed by atoms with Crippen molar-refractivity contribution in [3.8, 4) is 17.6 Å². The summed E-state index contributed by atoms with van der Waals surface area (Å²) in [6, 6.07) is 17.2. The van der Waals surface area contributed by atoms with Crippen molar-refractivity contribution in [1.29, 1.82) is 5.26 Å². The first kappa shape index (κ1) is 22.1. The molecule has 3 rings (SSSR count). The molecule has 0 bridgehead atoms. The Bertz CT molecular complexity index is 799. The van der Waals surface area contributed by atoms with Crippen LogP contribution in [0.25, 0.3) is 0 Å². The van der Waals surface area contributed by atoms with Gasteiger partial charge in [0.15, 0.2) is 0 Å². The van der Waals surface area contributed by atoms with Gasteiger partial charge in [0.25, 0.3) is 0 Å². The van der Waals surface area contributed by atoms with E-state index in [1.54, 1.807) is 31.4 Å². The van der Waals surface area contributed by atoms with Crippen molar-refractivity contribution in [2.75, 3.05) is 53.1 Å². The molecule has 7 heteroatoms. The third-order valence-corrected chi connectivity index (χ3v) is 5.13. The van der Waals surface area contributed by atoms with Gasteiger partial charge in [-0.3, -0.25) is 4.90 Å². The number of hydrogen-bond acceptors (Lipinski definition) is 7. The molecule has 0 spiro atoms. The number of hydrogen-bond donors (Lipinski definition) is 2. The highest BCUT2D eigenvalue weighted by molar-refractivity contribution is 5.34. The van der Waals surface area contributed by atoms with Crippen LogP contribution < -0.4 is 14.8 Å². The first-order valence-corrected chi connectivity index (χ1v) is 10.2. The smallest absolute Gasteiger partial charge is 0.119 e. The Morgan fingerprint density at radius 3 is 2.37 bits per heavy atom. The summed E-state index contributed by atoms with van der Waals surface area (Å²) < 4.78 is 16.4. The van der Waals surface area contributed by atoms with Gasteiger partial charge in [-0.2, -0.15) is 5.26 Å². The van der Waals surface area contributed by atoms with E-state index in [2.05, 4.69) is 28.4 Å². The van der Waals surface area contributed by atoms with E-state index in [0.717, 1.165) is 32.1 Å². The number of ether oxygens (including phenoxy) is 3. The van der Waals surface area contributed by atoms with E-state index < -0.39 is 6.10 Å². The van der Waals surface area contributed by atoms with Gasteiger partial charge in [-0.1, -0.05) is 12.1 Å². The molecule has 1 aliphatic rings. The van der Waals surface area contributed by atoms with Crippen LogP contribution in [0, 0.1) is 11.3 Å². The summed E-state index contributed by atoms with van der Waals surface area (Å²) in [4.78, 5) is 2.40. The van der Waals surface area contributed by atoms with Crippen molar-refractivity contribution in [2.45, 2.75) is 12.1 Å². The SMILES string of the molecule is COc1ccc([C@@H](CNC[C@H](O)COc2ccc(C#N)cc2)N2CCOCC2)cc1. The van der Waals surface area contributed by atoms with Crippen LogP contribution in [0.5, 0.6) is 11.5 Å². The lowest BCUT2D eigenvalue weighted by atomic mass is 10.0. The van der Waals surface area contributed by atoms with Gasteiger partial charge in [-0.15, -0.1) is 0 Å². The number of rotatable bonds is 10. The average Bonchev–Trinajstić information content (AvgIpc) is 2.81. The molecule has 1 fully saturated rings. The van der Waals surface area contributed by atoms with E-state index in [1.807, 2.05) is 12.1 Å². The van der Waals surface area contributed by atoms with E-state index in [1.165, 1.54) is 5.56 Å². The molecule has 30 heavy (non-hydrogen) atoms. The van der Waals surface area contributed by atoms with E-state index in [0.29, 0.717) is 24.4 Å². The Morgan fingerprint density at radius 1 is 1.07 bits per heavy atom. The van der Waals surface area contributed by atoms with Crippen LogP contribution in [-0.2, 0) is 4.74 Å². The molecule has 7 nitrogen and oxygen atoms in total. The summed E-state index contributed by atoms with van der Waals surface area (Å²) in [5.74, 6) is 1.47. The summed E-state index contributed by atoms with van der Waals surface area (Å²) >= 11 is 0. The van der Waals surface area contributed by atoms with Gasteiger partial charge in [0, 0.05) is 32.2 Å². The van der Waals surface area contributed by atoms with Crippen LogP contribution in [0.1, 0.15) is 17.2 Å². The summed E-state index contributed by atoms with van der Waals surface area (Å²) in [5.41, 5.74) is 1.78. The van der Waals surface area contributed by atoms with Gasteiger partial charge in [0.05, 0.1) is 32.0 Å². The maximum absolute atomic E-state index is 10.3. The number of nitrogens with zero attached hydrogens (tertiary/aromatic N) is 2. The fraction of sp³-hybridized carbons (Fsp3) is 0.435. The number of benzene rings is 2. The zero-order valence-corrected chi connectivity index (χ0v) is 17.3. The Labute approximate surface area is 177 Å². The van der Waals surface area contributed by atoms with Gasteiger partial charge in [0.2, 0.25) is 0 Å². The van der Waals surface area contributed by atoms with E-state index in [4.69, 9.17) is 19.5 Å². The highest BCUT2D eigenvalue weighted by atomic mass is 16.5. The van der Waals surface area contributed by atoms with E-state index >= 15 is 0 Å². The van der Waals surface area contributed by atoms with Crippen LogP contribution >= 0.6 is 0 Å². The monoisotopic (exact) mass is 411 g/mol. The van der Waals surface area contributed by atoms with Crippen LogP contribution in [0.3, 0.4) is 0 Å². The molecule has 2 atom stereocenters. The third kappa shape index (κ3) is 6.44. The van der Waals surface area contributed by atoms with Crippen molar-refractivity contribution >= 4 is 0 Å². The highest BCUT2D eigenvalue weighted by Crippen LogP contribution is 2.23. The standard InChI is InChI=1S/C23H29N3O4/c1-28-21-8-4-19(5-9-21)23(26-10-12-29-13-11-26)16-25-15-20(27)17-30-22-6-2-18(14-24)3-7-22/h2-9,20,23,25,27H,10-13,15-17H2,1H3/t20-,23+/m0/s1. The molecule has 1 aliphatic heterocycles. The zero-order chi connectivity index (χ0) is 21.2. The fourth-order valence-corrected chi connectivity index (χ4v) is 3.44. The molecule has 0 amide bonds. The molecular weight excluding hydrogens is 382 g/mol. The molecule has 2 N–H and O–H groups in total. The second-order valence-electron chi connectivity index (χ2n) is 7.20. The third-order valence-electron chi connectivity index (χ3n) is 5.13. The molecular formula is C23H29N3O4. The van der Waals surface area contributed by atoms with E-state index in [9.17, 15) is 5.11 Å². The summed E-state index contributed by atoms with van der Waals surface area (Å²) in [6.07, 6.45) is -0.637. The molecule has 0 unspecified atom stereocenters. The van der Waals surface area contributed by atoms with Crippen LogP contribution in [0.4, 0.5) is 0 Å². The molecule has 160 valence electrons. The molecule has 1 saturated heterocycles.